The molecule has 1 aromatic heterocycles. The van der Waals surface area contributed by atoms with E-state index in [0.717, 1.165) is 56.0 Å². The van der Waals surface area contributed by atoms with Crippen molar-refractivity contribution in [1.29, 1.82) is 0 Å². The molecule has 1 amide bonds. The van der Waals surface area contributed by atoms with E-state index >= 15 is 0 Å². The van der Waals surface area contributed by atoms with Crippen LogP contribution in [-0.4, -0.2) is 47.7 Å². The monoisotopic (exact) mass is 385 g/mol. The van der Waals surface area contributed by atoms with E-state index in [4.69, 9.17) is 9.47 Å². The summed E-state index contributed by atoms with van der Waals surface area (Å²) < 4.78 is 12.7. The number of amides is 1. The van der Waals surface area contributed by atoms with Gasteiger partial charge in [0.1, 0.15) is 18.2 Å². The maximum Gasteiger partial charge on any atom is 0.226 e. The zero-order chi connectivity index (χ0) is 19.9. The molecule has 152 valence electrons. The van der Waals surface area contributed by atoms with Crippen molar-refractivity contribution in [2.75, 3.05) is 27.3 Å². The predicted octanol–water partition coefficient (Wildman–Crippen LogP) is 3.22. The number of methoxy groups -OCH3 is 2. The SMILES string of the molecule is COCc1ncc(C)n1CCC1CCN(C(=O)Cc2cccc(OC)c2)CC1. The van der Waals surface area contributed by atoms with Crippen molar-refractivity contribution in [3.05, 3.63) is 47.5 Å². The van der Waals surface area contributed by atoms with Gasteiger partial charge < -0.3 is 18.9 Å². The third kappa shape index (κ3) is 5.13. The molecule has 3 rings (SSSR count). The van der Waals surface area contributed by atoms with Crippen LogP contribution >= 0.6 is 0 Å². The van der Waals surface area contributed by atoms with E-state index in [2.05, 4.69) is 16.5 Å². The van der Waals surface area contributed by atoms with Crippen LogP contribution in [0.1, 0.15) is 36.3 Å². The van der Waals surface area contributed by atoms with E-state index in [1.807, 2.05) is 35.4 Å². The number of ether oxygens (including phenoxy) is 2. The van der Waals surface area contributed by atoms with E-state index in [1.54, 1.807) is 14.2 Å². The number of aromatic nitrogens is 2. The molecule has 2 aromatic rings. The molecule has 0 bridgehead atoms. The predicted molar refractivity (Wildman–Crippen MR) is 108 cm³/mol. The number of carbonyl (C=O) groups excluding carboxylic acids is 1. The highest BCUT2D eigenvalue weighted by Gasteiger charge is 2.23. The molecular weight excluding hydrogens is 354 g/mol. The second kappa shape index (κ2) is 9.73. The minimum Gasteiger partial charge on any atom is -0.497 e. The molecule has 2 heterocycles. The van der Waals surface area contributed by atoms with Gasteiger partial charge >= 0.3 is 0 Å². The van der Waals surface area contributed by atoms with Gasteiger partial charge in [-0.15, -0.1) is 0 Å². The summed E-state index contributed by atoms with van der Waals surface area (Å²) in [5, 5.41) is 0. The average molecular weight is 386 g/mol. The number of imidazole rings is 1. The van der Waals surface area contributed by atoms with Crippen LogP contribution in [0.5, 0.6) is 5.75 Å². The molecule has 1 saturated heterocycles. The molecule has 0 unspecified atom stereocenters. The number of hydrogen-bond acceptors (Lipinski definition) is 4. The first kappa shape index (κ1) is 20.4. The van der Waals surface area contributed by atoms with E-state index in [-0.39, 0.29) is 5.91 Å². The van der Waals surface area contributed by atoms with Crippen LogP contribution in [0.15, 0.2) is 30.5 Å². The zero-order valence-corrected chi connectivity index (χ0v) is 17.2. The van der Waals surface area contributed by atoms with E-state index in [0.29, 0.717) is 18.9 Å². The Morgan fingerprint density at radius 1 is 1.25 bits per heavy atom. The number of rotatable bonds is 8. The molecule has 0 spiro atoms. The van der Waals surface area contributed by atoms with Gasteiger partial charge in [-0.1, -0.05) is 12.1 Å². The van der Waals surface area contributed by atoms with E-state index in [9.17, 15) is 4.79 Å². The van der Waals surface area contributed by atoms with Gasteiger partial charge in [-0.25, -0.2) is 4.98 Å². The van der Waals surface area contributed by atoms with Gasteiger partial charge in [0.05, 0.1) is 13.5 Å². The van der Waals surface area contributed by atoms with Gasteiger partial charge in [0, 0.05) is 38.6 Å². The number of likely N-dealkylation sites (tertiary alicyclic amines) is 1. The second-order valence-corrected chi connectivity index (χ2v) is 7.54. The molecule has 1 aliphatic rings. The van der Waals surface area contributed by atoms with Crippen molar-refractivity contribution in [3.63, 3.8) is 0 Å². The molecule has 1 aliphatic heterocycles. The number of aryl methyl sites for hydroxylation is 1. The van der Waals surface area contributed by atoms with Gasteiger partial charge in [0.2, 0.25) is 5.91 Å². The van der Waals surface area contributed by atoms with Crippen molar-refractivity contribution in [2.24, 2.45) is 5.92 Å². The summed E-state index contributed by atoms with van der Waals surface area (Å²) in [7, 11) is 3.35. The molecule has 6 nitrogen and oxygen atoms in total. The van der Waals surface area contributed by atoms with Crippen molar-refractivity contribution in [3.8, 4) is 5.75 Å². The smallest absolute Gasteiger partial charge is 0.226 e. The fourth-order valence-electron chi connectivity index (χ4n) is 3.91. The Bertz CT molecular complexity index is 779. The Labute approximate surface area is 167 Å². The Kier molecular flexibility index (Phi) is 7.09. The minimum atomic E-state index is 0.208. The molecule has 1 aromatic carbocycles. The molecule has 0 N–H and O–H groups in total. The maximum absolute atomic E-state index is 12.6. The van der Waals surface area contributed by atoms with Crippen LogP contribution in [0.25, 0.3) is 0 Å². The maximum atomic E-state index is 12.6. The third-order valence-corrected chi connectivity index (χ3v) is 5.63. The molecule has 1 fully saturated rings. The molecule has 0 saturated carbocycles. The zero-order valence-electron chi connectivity index (χ0n) is 17.2. The van der Waals surface area contributed by atoms with Crippen LogP contribution in [0.4, 0.5) is 0 Å². The molecule has 0 radical (unpaired) electrons. The van der Waals surface area contributed by atoms with Crippen LogP contribution in [0.3, 0.4) is 0 Å². The summed E-state index contributed by atoms with van der Waals surface area (Å²) in [4.78, 5) is 19.1. The van der Waals surface area contributed by atoms with Crippen LogP contribution in [0, 0.1) is 12.8 Å². The quantitative estimate of drug-likeness (QED) is 0.700. The van der Waals surface area contributed by atoms with Crippen LogP contribution < -0.4 is 4.74 Å². The molecule has 0 atom stereocenters. The first-order valence-electron chi connectivity index (χ1n) is 10.0. The standard InChI is InChI=1S/C22H31N3O3/c1-17-15-23-21(16-27-2)25(17)12-9-18-7-10-24(11-8-18)22(26)14-19-5-4-6-20(13-19)28-3/h4-6,13,15,18H,7-12,14,16H2,1-3H3. The summed E-state index contributed by atoms with van der Waals surface area (Å²) in [5.74, 6) is 2.65. The lowest BCUT2D eigenvalue weighted by Gasteiger charge is -2.32. The van der Waals surface area contributed by atoms with E-state index < -0.39 is 0 Å². The molecule has 6 heteroatoms. The number of benzene rings is 1. The third-order valence-electron chi connectivity index (χ3n) is 5.63. The minimum absolute atomic E-state index is 0.208. The van der Waals surface area contributed by atoms with Gasteiger partial charge in [-0.3, -0.25) is 4.79 Å². The first-order valence-corrected chi connectivity index (χ1v) is 10.0. The molecular formula is C22H31N3O3. The summed E-state index contributed by atoms with van der Waals surface area (Å²) in [6.07, 6.45) is 5.60. The Balaban J connectivity index is 1.46. The Morgan fingerprint density at radius 2 is 2.04 bits per heavy atom. The van der Waals surface area contributed by atoms with Crippen molar-refractivity contribution < 1.29 is 14.3 Å². The van der Waals surface area contributed by atoms with Crippen molar-refractivity contribution in [2.45, 2.75) is 45.8 Å². The largest absolute Gasteiger partial charge is 0.497 e. The number of hydrogen-bond donors (Lipinski definition) is 0. The lowest BCUT2D eigenvalue weighted by atomic mass is 9.93. The van der Waals surface area contributed by atoms with Gasteiger partial charge in [-0.2, -0.15) is 0 Å². The number of piperidine rings is 1. The summed E-state index contributed by atoms with van der Waals surface area (Å²) >= 11 is 0. The highest BCUT2D eigenvalue weighted by molar-refractivity contribution is 5.79. The van der Waals surface area contributed by atoms with E-state index in [1.165, 1.54) is 5.69 Å². The lowest BCUT2D eigenvalue weighted by Crippen LogP contribution is -2.39. The summed E-state index contributed by atoms with van der Waals surface area (Å²) in [6.45, 7) is 5.30. The fraction of sp³-hybridized carbons (Fsp3) is 0.545. The first-order chi connectivity index (χ1) is 13.6. The highest BCUT2D eigenvalue weighted by Crippen LogP contribution is 2.23. The fourth-order valence-corrected chi connectivity index (χ4v) is 3.91. The lowest BCUT2D eigenvalue weighted by molar-refractivity contribution is -0.131. The van der Waals surface area contributed by atoms with Crippen LogP contribution in [0.2, 0.25) is 0 Å². The Morgan fingerprint density at radius 3 is 2.75 bits per heavy atom. The van der Waals surface area contributed by atoms with Crippen molar-refractivity contribution >= 4 is 5.91 Å². The van der Waals surface area contributed by atoms with Crippen molar-refractivity contribution in [1.82, 2.24) is 14.5 Å². The highest BCUT2D eigenvalue weighted by atomic mass is 16.5. The van der Waals surface area contributed by atoms with Gasteiger partial charge in [-0.05, 0) is 49.8 Å². The van der Waals surface area contributed by atoms with Crippen LogP contribution in [-0.2, 0) is 29.1 Å². The number of nitrogens with zero attached hydrogens (tertiary/aromatic N) is 3. The molecule has 28 heavy (non-hydrogen) atoms. The topological polar surface area (TPSA) is 56.6 Å². The average Bonchev–Trinajstić information content (AvgIpc) is 3.06. The molecule has 0 aliphatic carbocycles. The summed E-state index contributed by atoms with van der Waals surface area (Å²) in [5.41, 5.74) is 2.19. The van der Waals surface area contributed by atoms with Gasteiger partial charge in [0.25, 0.3) is 0 Å². The Hall–Kier alpha value is -2.34. The number of carbonyl (C=O) groups is 1. The normalized spacial score (nSPS) is 15.0. The summed E-state index contributed by atoms with van der Waals surface area (Å²) in [6, 6.07) is 7.76. The second-order valence-electron chi connectivity index (χ2n) is 7.54. The van der Waals surface area contributed by atoms with Gasteiger partial charge in [0.15, 0.2) is 0 Å².